The first-order chi connectivity index (χ1) is 20.2. The van der Waals surface area contributed by atoms with Gasteiger partial charge in [0.05, 0.1) is 23.6 Å². The minimum Gasteiger partial charge on any atom is -0.491 e. The van der Waals surface area contributed by atoms with Crippen molar-refractivity contribution < 1.29 is 18.7 Å². The third kappa shape index (κ3) is 6.61. The number of nitrogens with one attached hydrogen (secondary N) is 2. The highest BCUT2D eigenvalue weighted by Gasteiger charge is 2.40. The van der Waals surface area contributed by atoms with Crippen molar-refractivity contribution in [3.05, 3.63) is 88.7 Å². The predicted molar refractivity (Wildman–Crippen MR) is 166 cm³/mol. The molecular weight excluding hydrogens is 529 g/mol. The van der Waals surface area contributed by atoms with E-state index in [2.05, 4.69) is 10.6 Å². The molecule has 1 saturated carbocycles. The van der Waals surface area contributed by atoms with Crippen LogP contribution in [0, 0.1) is 25.6 Å². The van der Waals surface area contributed by atoms with Gasteiger partial charge in [0.2, 0.25) is 5.91 Å². The van der Waals surface area contributed by atoms with Gasteiger partial charge < -0.3 is 20.3 Å². The van der Waals surface area contributed by atoms with Gasteiger partial charge in [-0.15, -0.1) is 0 Å². The summed E-state index contributed by atoms with van der Waals surface area (Å²) < 4.78 is 20.9. The number of carbonyl (C=O) groups excluding carboxylic acids is 2. The molecule has 2 fully saturated rings. The predicted octanol–water partition coefficient (Wildman–Crippen LogP) is 7.82. The molecule has 0 bridgehead atoms. The molecule has 0 aromatic heterocycles. The van der Waals surface area contributed by atoms with E-state index in [1.165, 1.54) is 31.7 Å². The van der Waals surface area contributed by atoms with Crippen molar-refractivity contribution in [2.75, 3.05) is 17.2 Å². The monoisotopic (exact) mass is 571 g/mol. The van der Waals surface area contributed by atoms with Gasteiger partial charge in [-0.1, -0.05) is 43.2 Å². The second kappa shape index (κ2) is 13.0. The Bertz CT molecular complexity index is 1400. The van der Waals surface area contributed by atoms with Crippen LogP contribution in [0.5, 0.6) is 5.75 Å². The van der Waals surface area contributed by atoms with E-state index in [9.17, 15) is 14.0 Å². The van der Waals surface area contributed by atoms with E-state index in [0.717, 1.165) is 22.6 Å². The van der Waals surface area contributed by atoms with Crippen molar-refractivity contribution in [1.82, 2.24) is 4.90 Å². The molecule has 1 unspecified atom stereocenters. The van der Waals surface area contributed by atoms with Crippen molar-refractivity contribution in [3.63, 3.8) is 0 Å². The van der Waals surface area contributed by atoms with Gasteiger partial charge >= 0.3 is 0 Å². The maximum Gasteiger partial charge on any atom is 0.257 e. The lowest BCUT2D eigenvalue weighted by molar-refractivity contribution is -0.123. The van der Waals surface area contributed by atoms with Gasteiger partial charge in [-0.3, -0.25) is 9.59 Å². The number of amides is 2. The summed E-state index contributed by atoms with van der Waals surface area (Å²) in [6.07, 6.45) is 6.08. The van der Waals surface area contributed by atoms with Crippen molar-refractivity contribution in [2.24, 2.45) is 5.92 Å². The number of likely N-dealkylation sites (tertiary alicyclic amines) is 1. The number of ether oxygens (including phenoxy) is 1. The van der Waals surface area contributed by atoms with Gasteiger partial charge in [0.25, 0.3) is 5.91 Å². The zero-order valence-electron chi connectivity index (χ0n) is 25.1. The van der Waals surface area contributed by atoms with E-state index < -0.39 is 17.8 Å². The molecule has 5 rings (SSSR count). The number of rotatable bonds is 8. The first-order valence-corrected chi connectivity index (χ1v) is 15.2. The average molecular weight is 572 g/mol. The minimum absolute atomic E-state index is 0.00455. The molecule has 2 aliphatic rings. The number of carbonyl (C=O) groups is 2. The van der Waals surface area contributed by atoms with Crippen molar-refractivity contribution >= 4 is 23.2 Å². The molecule has 1 heterocycles. The quantitative estimate of drug-likeness (QED) is 0.289. The summed E-state index contributed by atoms with van der Waals surface area (Å²) in [5, 5.41) is 6.70. The minimum atomic E-state index is -0.543. The lowest BCUT2D eigenvalue weighted by Crippen LogP contribution is -2.46. The third-order valence-corrected chi connectivity index (χ3v) is 8.46. The first-order valence-electron chi connectivity index (χ1n) is 15.2. The Kier molecular flexibility index (Phi) is 9.15. The highest BCUT2D eigenvalue weighted by Crippen LogP contribution is 2.39. The van der Waals surface area contributed by atoms with Crippen LogP contribution < -0.4 is 15.4 Å². The Morgan fingerprint density at radius 1 is 0.905 bits per heavy atom. The highest BCUT2D eigenvalue weighted by atomic mass is 19.1. The molecule has 1 aliphatic carbocycles. The number of hydrogen-bond donors (Lipinski definition) is 2. The van der Waals surface area contributed by atoms with Crippen LogP contribution in [-0.4, -0.2) is 35.4 Å². The summed E-state index contributed by atoms with van der Waals surface area (Å²) in [7, 11) is 0. The zero-order chi connectivity index (χ0) is 29.8. The van der Waals surface area contributed by atoms with Crippen LogP contribution in [0.4, 0.5) is 15.8 Å². The summed E-state index contributed by atoms with van der Waals surface area (Å²) in [4.78, 5) is 29.6. The Labute approximate surface area is 248 Å². The summed E-state index contributed by atoms with van der Waals surface area (Å²) in [6.45, 7) is 8.10. The van der Waals surface area contributed by atoms with E-state index in [0.29, 0.717) is 36.7 Å². The van der Waals surface area contributed by atoms with Crippen LogP contribution in [0.15, 0.2) is 60.7 Å². The smallest absolute Gasteiger partial charge is 0.257 e. The van der Waals surface area contributed by atoms with Gasteiger partial charge in [0.1, 0.15) is 11.6 Å². The second-order valence-electron chi connectivity index (χ2n) is 12.0. The van der Waals surface area contributed by atoms with Crippen molar-refractivity contribution in [3.8, 4) is 5.75 Å². The number of hydrogen-bond acceptors (Lipinski definition) is 4. The van der Waals surface area contributed by atoms with Crippen LogP contribution in [0.25, 0.3) is 0 Å². The molecule has 2 amide bonds. The topological polar surface area (TPSA) is 70.7 Å². The van der Waals surface area contributed by atoms with Crippen LogP contribution >= 0.6 is 0 Å². The largest absolute Gasteiger partial charge is 0.491 e. The molecule has 42 heavy (non-hydrogen) atoms. The Morgan fingerprint density at radius 3 is 2.31 bits per heavy atom. The molecule has 6 nitrogen and oxygen atoms in total. The molecule has 0 spiro atoms. The zero-order valence-corrected chi connectivity index (χ0v) is 25.1. The molecule has 3 aromatic rings. The fourth-order valence-electron chi connectivity index (χ4n) is 6.33. The van der Waals surface area contributed by atoms with Gasteiger partial charge in [0, 0.05) is 30.0 Å². The average Bonchev–Trinajstić information content (AvgIpc) is 3.47. The fraction of sp³-hybridized carbons (Fsp3) is 0.429. The maximum atomic E-state index is 15.0. The van der Waals surface area contributed by atoms with Crippen LogP contribution in [0.3, 0.4) is 0 Å². The van der Waals surface area contributed by atoms with Gasteiger partial charge in [-0.2, -0.15) is 0 Å². The molecule has 222 valence electrons. The number of piperidine rings is 1. The van der Waals surface area contributed by atoms with Crippen molar-refractivity contribution in [2.45, 2.75) is 84.4 Å². The number of nitrogens with zero attached hydrogens (tertiary/aromatic N) is 1. The lowest BCUT2D eigenvalue weighted by atomic mass is 9.83. The summed E-state index contributed by atoms with van der Waals surface area (Å²) in [5.74, 6) is -0.891. The second-order valence-corrected chi connectivity index (χ2v) is 12.0. The normalized spacial score (nSPS) is 19.1. The van der Waals surface area contributed by atoms with Gasteiger partial charge in [-0.05, 0) is 94.3 Å². The third-order valence-electron chi connectivity index (χ3n) is 8.46. The molecule has 1 aliphatic heterocycles. The molecule has 3 aromatic carbocycles. The Hall–Kier alpha value is -3.87. The van der Waals surface area contributed by atoms with Gasteiger partial charge in [0.15, 0.2) is 0 Å². The fourth-order valence-corrected chi connectivity index (χ4v) is 6.33. The van der Waals surface area contributed by atoms with E-state index in [4.69, 9.17) is 4.74 Å². The first kappa shape index (κ1) is 29.6. The maximum absolute atomic E-state index is 15.0. The van der Waals surface area contributed by atoms with Crippen LogP contribution in [0.2, 0.25) is 0 Å². The van der Waals surface area contributed by atoms with Crippen LogP contribution in [-0.2, 0) is 4.79 Å². The molecule has 2 atom stereocenters. The van der Waals surface area contributed by atoms with E-state index in [-0.39, 0.29) is 23.5 Å². The van der Waals surface area contributed by atoms with Crippen molar-refractivity contribution in [1.29, 1.82) is 0 Å². The molecule has 0 radical (unpaired) electrons. The van der Waals surface area contributed by atoms with E-state index in [1.807, 2.05) is 63.2 Å². The van der Waals surface area contributed by atoms with E-state index >= 15 is 0 Å². The number of halogens is 1. The van der Waals surface area contributed by atoms with E-state index in [1.54, 1.807) is 24.0 Å². The Morgan fingerprint density at radius 2 is 1.62 bits per heavy atom. The number of benzene rings is 3. The SMILES string of the molecule is Cc1ccc(NC(=O)C2CCCN(C(=O)c3c(C)cccc3F)[C@H]2c2ccc(NC3CCCC3)cc2)cc1OC(C)C. The molecule has 7 heteroatoms. The summed E-state index contributed by atoms with van der Waals surface area (Å²) in [5.41, 5.74) is 4.17. The Balaban J connectivity index is 1.46. The highest BCUT2D eigenvalue weighted by molar-refractivity contribution is 5.98. The summed E-state index contributed by atoms with van der Waals surface area (Å²) in [6, 6.07) is 18.3. The summed E-state index contributed by atoms with van der Waals surface area (Å²) >= 11 is 0. The molecular formula is C35H42FN3O3. The molecule has 2 N–H and O–H groups in total. The number of anilines is 2. The lowest BCUT2D eigenvalue weighted by Gasteiger charge is -2.41. The number of aryl methyl sites for hydroxylation is 2. The standard InChI is InChI=1S/C35H42FN3O3/c1-22(2)42-31-21-28(17-14-23(31)3)38-34(40)29-12-8-20-39(35(41)32-24(4)9-7-13-30(32)36)33(29)25-15-18-27(19-16-25)37-26-10-5-6-11-26/h7,9,13-19,21-22,26,29,33,37H,5-6,8,10-12,20H2,1-4H3,(H,38,40)/t29?,33-/m0/s1. The molecule has 1 saturated heterocycles. The van der Waals surface area contributed by atoms with Crippen LogP contribution in [0.1, 0.15) is 85.5 Å². The van der Waals surface area contributed by atoms with Gasteiger partial charge in [-0.25, -0.2) is 4.39 Å².